The summed E-state index contributed by atoms with van der Waals surface area (Å²) < 4.78 is 0. The first-order valence-corrected chi connectivity index (χ1v) is 13.3. The van der Waals surface area contributed by atoms with E-state index in [1.807, 2.05) is 66.7 Å². The average Bonchev–Trinajstić information content (AvgIpc) is 2.95. The SMILES string of the molecule is O=C1C2=CC=CC3=C(Sc4ccc5c6c(cccc46)C(=O)c4ccccc4-5)C=C[C@H](c4ccccc41)[C@@H]23. The summed E-state index contributed by atoms with van der Waals surface area (Å²) in [6.07, 6.45) is 10.7. The summed E-state index contributed by atoms with van der Waals surface area (Å²) in [5, 5.41) is 2.12. The van der Waals surface area contributed by atoms with Crippen molar-refractivity contribution in [3.8, 4) is 11.1 Å². The van der Waals surface area contributed by atoms with Crippen LogP contribution in [0.4, 0.5) is 0 Å². The van der Waals surface area contributed by atoms with E-state index in [9.17, 15) is 9.59 Å². The van der Waals surface area contributed by atoms with Crippen LogP contribution in [0, 0.1) is 5.92 Å². The van der Waals surface area contributed by atoms with Gasteiger partial charge in [-0.3, -0.25) is 9.59 Å². The van der Waals surface area contributed by atoms with Crippen LogP contribution in [0.5, 0.6) is 0 Å². The van der Waals surface area contributed by atoms with Crippen molar-refractivity contribution in [2.45, 2.75) is 10.8 Å². The monoisotopic (exact) mass is 492 g/mol. The molecule has 0 saturated carbocycles. The lowest BCUT2D eigenvalue weighted by molar-refractivity contribution is 0.101. The van der Waals surface area contributed by atoms with Crippen molar-refractivity contribution in [1.82, 2.24) is 0 Å². The molecular formula is C34H20O2S. The predicted octanol–water partition coefficient (Wildman–Crippen LogP) is 8.06. The van der Waals surface area contributed by atoms with E-state index in [1.54, 1.807) is 11.8 Å². The Bertz CT molecular complexity index is 1850. The van der Waals surface area contributed by atoms with E-state index >= 15 is 0 Å². The number of Topliss-reactive ketones (excluding diaryl/α,β-unsaturated/α-hetero) is 1. The van der Waals surface area contributed by atoms with Crippen LogP contribution in [-0.4, -0.2) is 11.6 Å². The van der Waals surface area contributed by atoms with Crippen molar-refractivity contribution in [2.75, 3.05) is 0 Å². The minimum Gasteiger partial charge on any atom is -0.289 e. The molecule has 0 fully saturated rings. The molecule has 0 amide bonds. The van der Waals surface area contributed by atoms with E-state index in [4.69, 9.17) is 0 Å². The van der Waals surface area contributed by atoms with E-state index in [0.29, 0.717) is 0 Å². The predicted molar refractivity (Wildman–Crippen MR) is 149 cm³/mol. The first-order chi connectivity index (χ1) is 18.2. The molecule has 2 atom stereocenters. The topological polar surface area (TPSA) is 34.1 Å². The molecule has 0 radical (unpaired) electrons. The van der Waals surface area contributed by atoms with Gasteiger partial charge in [0.1, 0.15) is 0 Å². The second-order valence-corrected chi connectivity index (χ2v) is 11.0. The van der Waals surface area contributed by atoms with Gasteiger partial charge in [-0.15, -0.1) is 0 Å². The van der Waals surface area contributed by atoms with Crippen LogP contribution in [0.25, 0.3) is 21.9 Å². The van der Waals surface area contributed by atoms with Gasteiger partial charge in [0.2, 0.25) is 0 Å². The molecule has 2 nitrogen and oxygen atoms in total. The number of carbonyl (C=O) groups is 2. The molecule has 4 aromatic carbocycles. The third kappa shape index (κ3) is 2.83. The van der Waals surface area contributed by atoms with Crippen LogP contribution in [0.2, 0.25) is 0 Å². The van der Waals surface area contributed by atoms with E-state index in [2.05, 4.69) is 42.5 Å². The third-order valence-electron chi connectivity index (χ3n) is 8.07. The smallest absolute Gasteiger partial charge is 0.194 e. The van der Waals surface area contributed by atoms with Crippen molar-refractivity contribution >= 4 is 34.1 Å². The van der Waals surface area contributed by atoms with Gasteiger partial charge < -0.3 is 0 Å². The fourth-order valence-electron chi connectivity index (χ4n) is 6.46. The summed E-state index contributed by atoms with van der Waals surface area (Å²) >= 11 is 1.73. The van der Waals surface area contributed by atoms with Gasteiger partial charge in [0, 0.05) is 49.3 Å². The van der Waals surface area contributed by atoms with E-state index in [-0.39, 0.29) is 23.4 Å². The first-order valence-electron chi connectivity index (χ1n) is 12.5. The maximum absolute atomic E-state index is 13.4. The Labute approximate surface area is 218 Å². The van der Waals surface area contributed by atoms with Gasteiger partial charge in [0.15, 0.2) is 11.6 Å². The van der Waals surface area contributed by atoms with Crippen LogP contribution in [-0.2, 0) is 0 Å². The average molecular weight is 493 g/mol. The number of hydrogen-bond acceptors (Lipinski definition) is 3. The quantitative estimate of drug-likeness (QED) is 0.250. The van der Waals surface area contributed by atoms with Crippen molar-refractivity contribution in [3.05, 3.63) is 148 Å². The molecule has 0 unspecified atom stereocenters. The molecule has 4 aliphatic rings. The molecular weight excluding hydrogens is 472 g/mol. The Morgan fingerprint density at radius 1 is 0.649 bits per heavy atom. The zero-order chi connectivity index (χ0) is 24.7. The van der Waals surface area contributed by atoms with Crippen LogP contribution >= 0.6 is 11.8 Å². The zero-order valence-corrected chi connectivity index (χ0v) is 20.6. The molecule has 0 heterocycles. The normalized spacial score (nSPS) is 20.5. The summed E-state index contributed by atoms with van der Waals surface area (Å²) in [7, 11) is 0. The Morgan fingerprint density at radius 2 is 1.43 bits per heavy atom. The number of benzene rings is 4. The summed E-state index contributed by atoms with van der Waals surface area (Å²) in [6.45, 7) is 0. The molecule has 0 aliphatic heterocycles. The highest BCUT2D eigenvalue weighted by molar-refractivity contribution is 8.03. The van der Waals surface area contributed by atoms with Gasteiger partial charge in [-0.25, -0.2) is 0 Å². The standard InChI is InChI=1S/C34H20O2S/c35-33-23-9-3-1-7-19(23)21-15-17-29(25-11-5-13-27(33)31(21)25)37-30-18-16-22-20-8-2-4-10-24(20)34(36)28-14-6-12-26(30)32(22)28/h1-18,21,31H/t21-,31-/m1/s1. The second kappa shape index (κ2) is 7.64. The molecule has 0 spiro atoms. The van der Waals surface area contributed by atoms with Crippen molar-refractivity contribution in [1.29, 1.82) is 0 Å². The molecule has 8 rings (SSSR count). The van der Waals surface area contributed by atoms with Gasteiger partial charge in [-0.1, -0.05) is 115 Å². The molecule has 4 aromatic rings. The molecule has 0 aromatic heterocycles. The van der Waals surface area contributed by atoms with Crippen molar-refractivity contribution in [2.24, 2.45) is 5.92 Å². The van der Waals surface area contributed by atoms with Gasteiger partial charge in [-0.2, -0.15) is 0 Å². The maximum Gasteiger partial charge on any atom is 0.194 e. The molecule has 0 bridgehead atoms. The summed E-state index contributed by atoms with van der Waals surface area (Å²) in [4.78, 5) is 29.0. The number of thioether (sulfide) groups is 1. The number of rotatable bonds is 2. The van der Waals surface area contributed by atoms with Gasteiger partial charge in [0.25, 0.3) is 0 Å². The summed E-state index contributed by atoms with van der Waals surface area (Å²) in [6, 6.07) is 26.3. The van der Waals surface area contributed by atoms with Crippen molar-refractivity contribution in [3.63, 3.8) is 0 Å². The number of carbonyl (C=O) groups excluding carboxylic acids is 2. The lowest BCUT2D eigenvalue weighted by atomic mass is 9.65. The van der Waals surface area contributed by atoms with Crippen LogP contribution in [0.15, 0.2) is 130 Å². The lowest BCUT2D eigenvalue weighted by Crippen LogP contribution is -2.31. The fraction of sp³-hybridized carbons (Fsp3) is 0.0588. The van der Waals surface area contributed by atoms with Crippen LogP contribution in [0.3, 0.4) is 0 Å². The minimum absolute atomic E-state index is 0.0355. The number of allylic oxidation sites excluding steroid dienone is 7. The lowest BCUT2D eigenvalue weighted by Gasteiger charge is -2.38. The van der Waals surface area contributed by atoms with Gasteiger partial charge >= 0.3 is 0 Å². The van der Waals surface area contributed by atoms with Crippen LogP contribution in [0.1, 0.15) is 37.8 Å². The Balaban J connectivity index is 1.28. The van der Waals surface area contributed by atoms with Crippen molar-refractivity contribution < 1.29 is 9.59 Å². The number of ketones is 2. The van der Waals surface area contributed by atoms with E-state index in [1.165, 1.54) is 5.57 Å². The first kappa shape index (κ1) is 20.9. The van der Waals surface area contributed by atoms with E-state index < -0.39 is 0 Å². The fourth-order valence-corrected chi connectivity index (χ4v) is 7.57. The van der Waals surface area contributed by atoms with Crippen LogP contribution < -0.4 is 0 Å². The van der Waals surface area contributed by atoms with E-state index in [0.717, 1.165) is 59.5 Å². The van der Waals surface area contributed by atoms with Gasteiger partial charge in [0.05, 0.1) is 0 Å². The minimum atomic E-state index is 0.0355. The highest BCUT2D eigenvalue weighted by atomic mass is 32.2. The molecule has 4 aliphatic carbocycles. The highest BCUT2D eigenvalue weighted by Gasteiger charge is 2.41. The summed E-state index contributed by atoms with van der Waals surface area (Å²) in [5.74, 6) is 0.419. The largest absolute Gasteiger partial charge is 0.289 e. The molecule has 174 valence electrons. The number of hydrogen-bond donors (Lipinski definition) is 0. The molecule has 3 heteroatoms. The Hall–Kier alpha value is -4.21. The Kier molecular flexibility index (Phi) is 4.32. The summed E-state index contributed by atoms with van der Waals surface area (Å²) in [5.41, 5.74) is 7.65. The maximum atomic E-state index is 13.4. The van der Waals surface area contributed by atoms with Gasteiger partial charge in [-0.05, 0) is 33.7 Å². The Morgan fingerprint density at radius 3 is 2.32 bits per heavy atom. The number of fused-ring (bicyclic) bond motifs is 4. The molecule has 0 N–H and O–H groups in total. The highest BCUT2D eigenvalue weighted by Crippen LogP contribution is 2.52. The molecule has 0 saturated heterocycles. The second-order valence-electron chi connectivity index (χ2n) is 9.90. The zero-order valence-electron chi connectivity index (χ0n) is 19.8. The molecule has 37 heavy (non-hydrogen) atoms. The third-order valence-corrected chi connectivity index (χ3v) is 9.24.